The number of carbonyl (C=O) groups is 2. The Morgan fingerprint density at radius 1 is 1.02 bits per heavy atom. The highest BCUT2D eigenvalue weighted by Gasteiger charge is 2.49. The van der Waals surface area contributed by atoms with Gasteiger partial charge in [0.25, 0.3) is 5.78 Å². The number of ketones is 1. The normalized spacial score (nSPS) is 16.1. The molecule has 1 saturated heterocycles. The van der Waals surface area contributed by atoms with Gasteiger partial charge in [0, 0.05) is 16.3 Å². The van der Waals surface area contributed by atoms with Crippen molar-refractivity contribution in [2.75, 3.05) is 4.90 Å². The van der Waals surface area contributed by atoms with Gasteiger partial charge in [-0.05, 0) is 72.1 Å². The predicted octanol–water partition coefficient (Wildman–Crippen LogP) is 7.59. The van der Waals surface area contributed by atoms with E-state index in [9.17, 15) is 14.7 Å². The van der Waals surface area contributed by atoms with Gasteiger partial charge in [0.1, 0.15) is 29.9 Å². The van der Waals surface area contributed by atoms with Crippen molar-refractivity contribution in [1.29, 1.82) is 0 Å². The lowest BCUT2D eigenvalue weighted by Gasteiger charge is -2.20. The molecule has 0 radical (unpaired) electrons. The Kier molecular flexibility index (Phi) is 8.33. The number of aliphatic hydroxyl groups excluding tert-OH is 1. The molecule has 1 aliphatic heterocycles. The van der Waals surface area contributed by atoms with Crippen LogP contribution in [-0.4, -0.2) is 27.0 Å². The number of furan rings is 1. The third kappa shape index (κ3) is 6.08. The fourth-order valence-electron chi connectivity index (χ4n) is 4.63. The Bertz CT molecular complexity index is 1800. The molecule has 1 aliphatic rings. The minimum Gasteiger partial charge on any atom is -0.507 e. The highest BCUT2D eigenvalue weighted by Crippen LogP contribution is 2.44. The molecule has 8 nitrogen and oxygen atoms in total. The monoisotopic (exact) mass is 629 g/mol. The van der Waals surface area contributed by atoms with Crippen molar-refractivity contribution in [2.24, 2.45) is 0 Å². The molecule has 2 aromatic heterocycles. The van der Waals surface area contributed by atoms with Crippen molar-refractivity contribution in [3.63, 3.8) is 0 Å². The zero-order valence-corrected chi connectivity index (χ0v) is 25.2. The fraction of sp³-hybridized carbons (Fsp3) is 0.125. The maximum Gasteiger partial charge on any atom is 0.302 e. The van der Waals surface area contributed by atoms with Crippen LogP contribution in [0.1, 0.15) is 34.1 Å². The van der Waals surface area contributed by atoms with Gasteiger partial charge in [0.2, 0.25) is 5.13 Å². The molecule has 1 N–H and O–H groups in total. The number of benzene rings is 3. The first kappa shape index (κ1) is 28.7. The Hall–Kier alpha value is -4.38. The molecule has 3 aromatic carbocycles. The first-order valence-electron chi connectivity index (χ1n) is 13.2. The summed E-state index contributed by atoms with van der Waals surface area (Å²) in [5, 5.41) is 20.7. The molecule has 3 heterocycles. The molecule has 1 atom stereocenters. The first-order valence-corrected chi connectivity index (χ1v) is 15.4. The van der Waals surface area contributed by atoms with Gasteiger partial charge >= 0.3 is 5.91 Å². The van der Waals surface area contributed by atoms with E-state index in [0.717, 1.165) is 16.7 Å². The maximum absolute atomic E-state index is 13.4. The van der Waals surface area contributed by atoms with Gasteiger partial charge in [-0.3, -0.25) is 14.5 Å². The van der Waals surface area contributed by atoms with E-state index in [1.165, 1.54) is 34.3 Å². The smallest absolute Gasteiger partial charge is 0.302 e. The number of Topliss-reactive ketones (excluding diaryl/α,β-unsaturated/α-hetero) is 1. The summed E-state index contributed by atoms with van der Waals surface area (Å²) in [6, 6.07) is 24.4. The Balaban J connectivity index is 1.26. The summed E-state index contributed by atoms with van der Waals surface area (Å²) in [4.78, 5) is 28.0. The van der Waals surface area contributed by atoms with E-state index in [0.29, 0.717) is 38.8 Å². The van der Waals surface area contributed by atoms with Crippen LogP contribution in [0.15, 0.2) is 106 Å². The summed E-state index contributed by atoms with van der Waals surface area (Å²) < 4.78 is 12.2. The van der Waals surface area contributed by atoms with Gasteiger partial charge in [-0.2, -0.15) is 0 Å². The predicted molar refractivity (Wildman–Crippen MR) is 166 cm³/mol. The second kappa shape index (κ2) is 12.5. The number of hydrogen-bond donors (Lipinski definition) is 1. The van der Waals surface area contributed by atoms with Gasteiger partial charge in [0.05, 0.1) is 11.8 Å². The van der Waals surface area contributed by atoms with Crippen LogP contribution in [0.4, 0.5) is 5.13 Å². The zero-order valence-electron chi connectivity index (χ0n) is 22.8. The summed E-state index contributed by atoms with van der Waals surface area (Å²) in [6.07, 6.45) is 1.45. The van der Waals surface area contributed by atoms with Crippen molar-refractivity contribution < 1.29 is 23.8 Å². The second-order valence-corrected chi connectivity index (χ2v) is 12.3. The van der Waals surface area contributed by atoms with E-state index < -0.39 is 17.7 Å². The lowest BCUT2D eigenvalue weighted by molar-refractivity contribution is -0.132. The number of thioether (sulfide) groups is 1. The highest BCUT2D eigenvalue weighted by atomic mass is 35.5. The average Bonchev–Trinajstić information content (AvgIpc) is 3.77. The minimum absolute atomic E-state index is 0.0981. The summed E-state index contributed by atoms with van der Waals surface area (Å²) in [5.41, 5.74) is 3.50. The average molecular weight is 630 g/mol. The van der Waals surface area contributed by atoms with Crippen LogP contribution in [0.3, 0.4) is 0 Å². The van der Waals surface area contributed by atoms with E-state index >= 15 is 0 Å². The quantitative estimate of drug-likeness (QED) is 0.0584. The number of rotatable bonds is 9. The Labute approximate surface area is 260 Å². The molecule has 6 rings (SSSR count). The molecule has 216 valence electrons. The number of amides is 1. The van der Waals surface area contributed by atoms with Gasteiger partial charge < -0.3 is 14.3 Å². The van der Waals surface area contributed by atoms with Crippen molar-refractivity contribution in [2.45, 2.75) is 29.7 Å². The van der Waals surface area contributed by atoms with Crippen LogP contribution in [0.5, 0.6) is 5.75 Å². The van der Waals surface area contributed by atoms with Crippen LogP contribution >= 0.6 is 34.7 Å². The van der Waals surface area contributed by atoms with Crippen LogP contribution in [0.25, 0.3) is 5.76 Å². The van der Waals surface area contributed by atoms with Crippen molar-refractivity contribution in [1.82, 2.24) is 10.2 Å². The molecule has 0 bridgehead atoms. The first-order chi connectivity index (χ1) is 20.9. The number of aliphatic hydroxyl groups is 1. The number of hydrogen-bond acceptors (Lipinski definition) is 9. The van der Waals surface area contributed by atoms with Crippen molar-refractivity contribution in [3.05, 3.63) is 130 Å². The molecular weight excluding hydrogens is 606 g/mol. The van der Waals surface area contributed by atoms with E-state index in [1.807, 2.05) is 55.5 Å². The number of carbonyl (C=O) groups excluding carboxylic acids is 2. The Morgan fingerprint density at radius 3 is 2.51 bits per heavy atom. The third-order valence-corrected chi connectivity index (χ3v) is 9.30. The molecule has 0 spiro atoms. The number of ether oxygens (including phenoxy) is 1. The SMILES string of the molecule is Cc1ccccc1COc1ccc(/C(O)=C2\C(=O)C(=O)N(c3nnc(SCc4ccc(Cl)cc4)s3)C2c2ccco2)cc1. The zero-order chi connectivity index (χ0) is 29.9. The number of anilines is 1. The maximum atomic E-state index is 13.4. The molecule has 0 saturated carbocycles. The molecular formula is C32H24ClN3O5S2. The van der Waals surface area contributed by atoms with Crippen molar-refractivity contribution >= 4 is 57.3 Å². The molecule has 11 heteroatoms. The Morgan fingerprint density at radius 2 is 1.79 bits per heavy atom. The lowest BCUT2D eigenvalue weighted by atomic mass is 9.99. The van der Waals surface area contributed by atoms with Crippen molar-refractivity contribution in [3.8, 4) is 5.75 Å². The van der Waals surface area contributed by atoms with Gasteiger partial charge in [-0.1, -0.05) is 71.1 Å². The van der Waals surface area contributed by atoms with E-state index in [-0.39, 0.29) is 16.5 Å². The van der Waals surface area contributed by atoms with E-state index in [2.05, 4.69) is 10.2 Å². The standard InChI is InChI=1S/C32H24ClN3O5S2/c1-19-5-2-3-6-22(19)17-41-24-14-10-21(11-15-24)28(37)26-27(25-7-4-16-40-25)36(30(39)29(26)38)31-34-35-32(43-31)42-18-20-8-12-23(33)13-9-20/h2-16,27,37H,17-18H2,1H3/b28-26+. The number of nitrogens with zero attached hydrogens (tertiary/aromatic N) is 3. The third-order valence-electron chi connectivity index (χ3n) is 6.92. The summed E-state index contributed by atoms with van der Waals surface area (Å²) >= 11 is 8.61. The number of aromatic nitrogens is 2. The summed E-state index contributed by atoms with van der Waals surface area (Å²) in [7, 11) is 0. The number of aryl methyl sites for hydroxylation is 1. The molecule has 1 fully saturated rings. The highest BCUT2D eigenvalue weighted by molar-refractivity contribution is 8.00. The summed E-state index contributed by atoms with van der Waals surface area (Å²) in [5.74, 6) is -0.466. The van der Waals surface area contributed by atoms with Crippen LogP contribution in [0, 0.1) is 6.92 Å². The van der Waals surface area contributed by atoms with Crippen LogP contribution < -0.4 is 9.64 Å². The van der Waals surface area contributed by atoms with E-state index in [1.54, 1.807) is 36.4 Å². The van der Waals surface area contributed by atoms with Gasteiger partial charge in [0.15, 0.2) is 4.34 Å². The topological polar surface area (TPSA) is 106 Å². The van der Waals surface area contributed by atoms with Crippen LogP contribution in [0.2, 0.25) is 5.02 Å². The second-order valence-electron chi connectivity index (χ2n) is 9.69. The fourth-order valence-corrected chi connectivity index (χ4v) is 6.58. The molecule has 1 amide bonds. The molecule has 0 aliphatic carbocycles. The van der Waals surface area contributed by atoms with Crippen LogP contribution in [-0.2, 0) is 21.9 Å². The summed E-state index contributed by atoms with van der Waals surface area (Å²) in [6.45, 7) is 2.41. The number of halogens is 1. The van der Waals surface area contributed by atoms with Gasteiger partial charge in [-0.15, -0.1) is 10.2 Å². The van der Waals surface area contributed by atoms with E-state index in [4.69, 9.17) is 20.8 Å². The lowest BCUT2D eigenvalue weighted by Crippen LogP contribution is -2.29. The molecule has 5 aromatic rings. The van der Waals surface area contributed by atoms with Gasteiger partial charge in [-0.25, -0.2) is 0 Å². The largest absolute Gasteiger partial charge is 0.507 e. The molecule has 43 heavy (non-hydrogen) atoms. The minimum atomic E-state index is -1.02. The molecule has 1 unspecified atom stereocenters.